The van der Waals surface area contributed by atoms with Crippen LogP contribution in [0.1, 0.15) is 5.69 Å². The molecular weight excluding hydrogens is 324 g/mol. The van der Waals surface area contributed by atoms with Crippen molar-refractivity contribution in [3.63, 3.8) is 0 Å². The van der Waals surface area contributed by atoms with E-state index < -0.39 is 6.03 Å². The second-order valence-electron chi connectivity index (χ2n) is 4.25. The van der Waals surface area contributed by atoms with Gasteiger partial charge in [-0.25, -0.2) is 10.2 Å². The predicted octanol–water partition coefficient (Wildman–Crippen LogP) is 1.67. The van der Waals surface area contributed by atoms with Crippen LogP contribution >= 0.6 is 15.9 Å². The van der Waals surface area contributed by atoms with E-state index in [1.165, 1.54) is 7.05 Å². The van der Waals surface area contributed by atoms with Crippen molar-refractivity contribution in [3.8, 4) is 0 Å². The van der Waals surface area contributed by atoms with Crippen LogP contribution in [0.2, 0.25) is 0 Å². The molecule has 0 aliphatic carbocycles. The van der Waals surface area contributed by atoms with Crippen LogP contribution in [0.25, 0.3) is 10.9 Å². The minimum atomic E-state index is -0.464. The summed E-state index contributed by atoms with van der Waals surface area (Å²) in [6.45, 7) is 2.06. The number of amides is 3. The fourth-order valence-corrected chi connectivity index (χ4v) is 2.51. The van der Waals surface area contributed by atoms with Gasteiger partial charge in [0.15, 0.2) is 0 Å². The lowest BCUT2D eigenvalue weighted by atomic mass is 10.2. The number of benzene rings is 1. The molecule has 1 heterocycles. The number of carbonyl (C=O) groups excluding carboxylic acids is 2. The minimum Gasteiger partial charge on any atom is -0.340 e. The SMILES string of the molecule is CNC(=O)NNC(=O)Cn1c(C)c(Br)c2ccccc21. The first kappa shape index (κ1) is 14.4. The molecule has 3 N–H and O–H groups in total. The van der Waals surface area contributed by atoms with E-state index in [0.29, 0.717) is 0 Å². The third-order valence-electron chi connectivity index (χ3n) is 3.00. The van der Waals surface area contributed by atoms with Crippen LogP contribution in [0, 0.1) is 6.92 Å². The van der Waals surface area contributed by atoms with Gasteiger partial charge < -0.3 is 9.88 Å². The van der Waals surface area contributed by atoms with E-state index in [-0.39, 0.29) is 12.5 Å². The fraction of sp³-hybridized carbons (Fsp3) is 0.231. The highest BCUT2D eigenvalue weighted by molar-refractivity contribution is 9.10. The first-order valence-electron chi connectivity index (χ1n) is 6.04. The highest BCUT2D eigenvalue weighted by atomic mass is 79.9. The van der Waals surface area contributed by atoms with Crippen LogP contribution in [0.3, 0.4) is 0 Å². The van der Waals surface area contributed by atoms with Crippen molar-refractivity contribution in [2.24, 2.45) is 0 Å². The molecule has 0 aliphatic heterocycles. The van der Waals surface area contributed by atoms with E-state index in [4.69, 9.17) is 0 Å². The zero-order valence-corrected chi connectivity index (χ0v) is 12.7. The molecule has 0 aliphatic rings. The van der Waals surface area contributed by atoms with Gasteiger partial charge in [0, 0.05) is 28.1 Å². The molecule has 0 bridgehead atoms. The molecule has 0 unspecified atom stereocenters. The lowest BCUT2D eigenvalue weighted by Gasteiger charge is -2.10. The Morgan fingerprint density at radius 1 is 1.25 bits per heavy atom. The van der Waals surface area contributed by atoms with Gasteiger partial charge in [-0.1, -0.05) is 18.2 Å². The van der Waals surface area contributed by atoms with Gasteiger partial charge in [0.05, 0.1) is 0 Å². The summed E-state index contributed by atoms with van der Waals surface area (Å²) in [5, 5.41) is 3.40. The summed E-state index contributed by atoms with van der Waals surface area (Å²) in [7, 11) is 1.47. The first-order chi connectivity index (χ1) is 9.54. The number of urea groups is 1. The smallest absolute Gasteiger partial charge is 0.333 e. The van der Waals surface area contributed by atoms with Crippen molar-refractivity contribution in [2.75, 3.05) is 7.05 Å². The van der Waals surface area contributed by atoms with Crippen LogP contribution < -0.4 is 16.2 Å². The number of hydrogen-bond donors (Lipinski definition) is 3. The summed E-state index contributed by atoms with van der Waals surface area (Å²) in [5.74, 6) is -0.301. The molecule has 0 saturated heterocycles. The molecule has 0 fully saturated rings. The number of hydrogen-bond acceptors (Lipinski definition) is 2. The molecule has 1 aromatic heterocycles. The van der Waals surface area contributed by atoms with E-state index >= 15 is 0 Å². The number of aromatic nitrogens is 1. The molecule has 6 nitrogen and oxygen atoms in total. The van der Waals surface area contributed by atoms with E-state index in [1.807, 2.05) is 35.8 Å². The average Bonchev–Trinajstić information content (AvgIpc) is 2.70. The van der Waals surface area contributed by atoms with Gasteiger partial charge in [-0.15, -0.1) is 0 Å². The second kappa shape index (κ2) is 5.96. The van der Waals surface area contributed by atoms with Crippen LogP contribution in [0.5, 0.6) is 0 Å². The molecule has 1 aromatic carbocycles. The molecule has 0 spiro atoms. The number of halogens is 1. The Labute approximate surface area is 124 Å². The van der Waals surface area contributed by atoms with Gasteiger partial charge in [0.1, 0.15) is 6.54 Å². The molecule has 0 saturated carbocycles. The quantitative estimate of drug-likeness (QED) is 0.728. The van der Waals surface area contributed by atoms with Crippen LogP contribution in [0.15, 0.2) is 28.7 Å². The lowest BCUT2D eigenvalue weighted by molar-refractivity contribution is -0.122. The average molecular weight is 339 g/mol. The molecule has 3 amide bonds. The van der Waals surface area contributed by atoms with Crippen LogP contribution in [0.4, 0.5) is 4.79 Å². The summed E-state index contributed by atoms with van der Waals surface area (Å²) in [6.07, 6.45) is 0. The molecule has 2 aromatic rings. The van der Waals surface area contributed by atoms with Gasteiger partial charge in [-0.05, 0) is 28.9 Å². The zero-order valence-electron chi connectivity index (χ0n) is 11.2. The van der Waals surface area contributed by atoms with Crippen molar-refractivity contribution in [1.29, 1.82) is 0 Å². The molecular formula is C13H15BrN4O2. The molecule has 106 valence electrons. The molecule has 20 heavy (non-hydrogen) atoms. The number of rotatable bonds is 2. The van der Waals surface area contributed by atoms with Crippen LogP contribution in [-0.4, -0.2) is 23.6 Å². The summed E-state index contributed by atoms with van der Waals surface area (Å²) in [5.41, 5.74) is 6.52. The standard InChI is InChI=1S/C13H15BrN4O2/c1-8-12(14)9-5-3-4-6-10(9)18(8)7-11(19)16-17-13(20)15-2/h3-6H,7H2,1-2H3,(H,16,19)(H2,15,17,20). The van der Waals surface area contributed by atoms with Gasteiger partial charge in [0.2, 0.25) is 0 Å². The first-order valence-corrected chi connectivity index (χ1v) is 6.83. The van der Waals surface area contributed by atoms with E-state index in [1.54, 1.807) is 0 Å². The normalized spacial score (nSPS) is 10.3. The Kier molecular flexibility index (Phi) is 4.29. The maximum absolute atomic E-state index is 11.8. The number of nitrogens with one attached hydrogen (secondary N) is 3. The Balaban J connectivity index is 2.19. The number of fused-ring (bicyclic) bond motifs is 1. The van der Waals surface area contributed by atoms with Crippen molar-refractivity contribution in [2.45, 2.75) is 13.5 Å². The maximum atomic E-state index is 11.8. The number of hydrazine groups is 1. The van der Waals surface area contributed by atoms with Gasteiger partial charge in [-0.3, -0.25) is 10.2 Å². The monoisotopic (exact) mass is 338 g/mol. The third-order valence-corrected chi connectivity index (χ3v) is 4.00. The van der Waals surface area contributed by atoms with Crippen LogP contribution in [-0.2, 0) is 11.3 Å². The summed E-state index contributed by atoms with van der Waals surface area (Å²) < 4.78 is 2.86. The Bertz CT molecular complexity index is 666. The second-order valence-corrected chi connectivity index (χ2v) is 5.05. The largest absolute Gasteiger partial charge is 0.340 e. The van der Waals surface area contributed by atoms with Gasteiger partial charge in [-0.2, -0.15) is 0 Å². The highest BCUT2D eigenvalue weighted by Crippen LogP contribution is 2.30. The van der Waals surface area contributed by atoms with Gasteiger partial charge >= 0.3 is 6.03 Å². The number of para-hydroxylation sites is 1. The van der Waals surface area contributed by atoms with Gasteiger partial charge in [0.25, 0.3) is 5.91 Å². The van der Waals surface area contributed by atoms with Crippen molar-refractivity contribution >= 4 is 38.8 Å². The maximum Gasteiger partial charge on any atom is 0.333 e. The molecule has 0 radical (unpaired) electrons. The minimum absolute atomic E-state index is 0.127. The highest BCUT2D eigenvalue weighted by Gasteiger charge is 2.14. The van der Waals surface area contributed by atoms with Crippen molar-refractivity contribution in [3.05, 3.63) is 34.4 Å². The number of nitrogens with zero attached hydrogens (tertiary/aromatic N) is 1. The van der Waals surface area contributed by atoms with Crippen molar-refractivity contribution < 1.29 is 9.59 Å². The predicted molar refractivity (Wildman–Crippen MR) is 80.1 cm³/mol. The summed E-state index contributed by atoms with van der Waals surface area (Å²) in [6, 6.07) is 7.35. The fourth-order valence-electron chi connectivity index (χ4n) is 1.96. The van der Waals surface area contributed by atoms with E-state index in [0.717, 1.165) is 21.1 Å². The zero-order chi connectivity index (χ0) is 14.7. The molecule has 7 heteroatoms. The van der Waals surface area contributed by atoms with E-state index in [9.17, 15) is 9.59 Å². The molecule has 0 atom stereocenters. The third kappa shape index (κ3) is 2.77. The molecule has 2 rings (SSSR count). The van der Waals surface area contributed by atoms with E-state index in [2.05, 4.69) is 32.1 Å². The summed E-state index contributed by atoms with van der Waals surface area (Å²) in [4.78, 5) is 22.8. The topological polar surface area (TPSA) is 75.2 Å². The summed E-state index contributed by atoms with van der Waals surface area (Å²) >= 11 is 3.53. The Morgan fingerprint density at radius 2 is 1.95 bits per heavy atom. The number of carbonyl (C=O) groups is 2. The lowest BCUT2D eigenvalue weighted by Crippen LogP contribution is -2.46. The Hall–Kier alpha value is -2.02. The van der Waals surface area contributed by atoms with Crippen molar-refractivity contribution in [1.82, 2.24) is 20.7 Å². The Morgan fingerprint density at radius 3 is 2.65 bits per heavy atom.